The molecule has 1 aliphatic carbocycles. The van der Waals surface area contributed by atoms with Crippen molar-refractivity contribution in [2.24, 2.45) is 17.4 Å². The highest BCUT2D eigenvalue weighted by Gasteiger charge is 2.46. The normalized spacial score (nSPS) is 26.2. The Balaban J connectivity index is 1.69. The number of nitrogens with zero attached hydrogens (tertiary/aromatic N) is 1. The van der Waals surface area contributed by atoms with Crippen LogP contribution in [0.4, 0.5) is 0 Å². The summed E-state index contributed by atoms with van der Waals surface area (Å²) in [7, 11) is 0. The summed E-state index contributed by atoms with van der Waals surface area (Å²) in [5.41, 5.74) is 13.6. The lowest BCUT2D eigenvalue weighted by molar-refractivity contribution is -0.146. The molecule has 0 radical (unpaired) electrons. The summed E-state index contributed by atoms with van der Waals surface area (Å²) in [6.45, 7) is 2.31. The number of carbonyl (C=O) groups is 1. The molecule has 3 atom stereocenters. The molecule has 1 saturated heterocycles. The molecule has 1 aromatic rings. The summed E-state index contributed by atoms with van der Waals surface area (Å²) >= 11 is 0. The highest BCUT2D eigenvalue weighted by Crippen LogP contribution is 2.40. The molecule has 0 aromatic heterocycles. The Morgan fingerprint density at radius 1 is 1.29 bits per heavy atom. The molecule has 1 aliphatic heterocycles. The van der Waals surface area contributed by atoms with Crippen LogP contribution in [0, 0.1) is 5.92 Å². The topological polar surface area (TPSA) is 92.6 Å². The van der Waals surface area contributed by atoms with E-state index in [0.717, 1.165) is 45.2 Å². The van der Waals surface area contributed by atoms with Gasteiger partial charge in [0.15, 0.2) is 0 Å². The van der Waals surface area contributed by atoms with Crippen molar-refractivity contribution in [1.29, 1.82) is 0 Å². The zero-order valence-electron chi connectivity index (χ0n) is 14.3. The number of benzene rings is 1. The van der Waals surface area contributed by atoms with Crippen LogP contribution in [0.15, 0.2) is 24.3 Å². The SMILES string of the molecule is NCCCCC(N)(C(=O)O)C1CCN(C2CCc3ccccc32)C1. The van der Waals surface area contributed by atoms with Crippen LogP contribution in [0.1, 0.15) is 49.3 Å². The van der Waals surface area contributed by atoms with E-state index >= 15 is 0 Å². The molecule has 3 unspecified atom stereocenters. The smallest absolute Gasteiger partial charge is 0.324 e. The van der Waals surface area contributed by atoms with E-state index in [1.165, 1.54) is 11.1 Å². The molecule has 1 fully saturated rings. The third-order valence-corrected chi connectivity index (χ3v) is 5.93. The fourth-order valence-corrected chi connectivity index (χ4v) is 4.45. The summed E-state index contributed by atoms with van der Waals surface area (Å²) in [6, 6.07) is 9.05. The Hall–Kier alpha value is -1.43. The molecule has 0 saturated carbocycles. The minimum Gasteiger partial charge on any atom is -0.480 e. The van der Waals surface area contributed by atoms with Crippen LogP contribution < -0.4 is 11.5 Å². The molecule has 5 heteroatoms. The van der Waals surface area contributed by atoms with Gasteiger partial charge in [0.25, 0.3) is 0 Å². The third kappa shape index (κ3) is 3.21. The second-order valence-corrected chi connectivity index (χ2v) is 7.33. The van der Waals surface area contributed by atoms with E-state index in [9.17, 15) is 9.90 Å². The van der Waals surface area contributed by atoms with Crippen LogP contribution in [-0.4, -0.2) is 41.1 Å². The minimum atomic E-state index is -1.12. The Morgan fingerprint density at radius 2 is 2.08 bits per heavy atom. The number of aliphatic carboxylic acids is 1. The van der Waals surface area contributed by atoms with Crippen molar-refractivity contribution in [3.63, 3.8) is 0 Å². The standard InChI is InChI=1S/C19H29N3O2/c20-11-4-3-10-19(21,18(23)24)15-9-12-22(13-15)17-8-7-14-5-1-2-6-16(14)17/h1-2,5-6,15,17H,3-4,7-13,20-21H2,(H,23,24). The van der Waals surface area contributed by atoms with E-state index < -0.39 is 11.5 Å². The molecular formula is C19H29N3O2. The van der Waals surface area contributed by atoms with Crippen molar-refractivity contribution >= 4 is 5.97 Å². The van der Waals surface area contributed by atoms with Gasteiger partial charge in [0.2, 0.25) is 0 Å². The van der Waals surface area contributed by atoms with E-state index in [1.54, 1.807) is 0 Å². The Labute approximate surface area is 144 Å². The quantitative estimate of drug-likeness (QED) is 0.664. The van der Waals surface area contributed by atoms with Gasteiger partial charge in [0, 0.05) is 18.5 Å². The van der Waals surface area contributed by atoms with Crippen molar-refractivity contribution in [2.45, 2.75) is 50.1 Å². The van der Waals surface area contributed by atoms with Crippen molar-refractivity contribution < 1.29 is 9.90 Å². The molecule has 132 valence electrons. The highest BCUT2D eigenvalue weighted by molar-refractivity contribution is 5.79. The van der Waals surface area contributed by atoms with E-state index in [0.29, 0.717) is 19.0 Å². The summed E-state index contributed by atoms with van der Waals surface area (Å²) in [5.74, 6) is -0.848. The second kappa shape index (κ2) is 7.21. The first-order chi connectivity index (χ1) is 11.6. The zero-order valence-corrected chi connectivity index (χ0v) is 14.3. The average molecular weight is 331 g/mol. The third-order valence-electron chi connectivity index (χ3n) is 5.93. The van der Waals surface area contributed by atoms with Crippen molar-refractivity contribution in [3.05, 3.63) is 35.4 Å². The van der Waals surface area contributed by atoms with Crippen LogP contribution in [0.3, 0.4) is 0 Å². The van der Waals surface area contributed by atoms with Gasteiger partial charge in [-0.3, -0.25) is 9.69 Å². The molecule has 2 aliphatic rings. The van der Waals surface area contributed by atoms with Gasteiger partial charge in [-0.05, 0) is 62.7 Å². The highest BCUT2D eigenvalue weighted by atomic mass is 16.4. The second-order valence-electron chi connectivity index (χ2n) is 7.33. The lowest BCUT2D eigenvalue weighted by Crippen LogP contribution is -2.55. The first-order valence-corrected chi connectivity index (χ1v) is 9.10. The van der Waals surface area contributed by atoms with Gasteiger partial charge in [-0.1, -0.05) is 24.3 Å². The molecular weight excluding hydrogens is 302 g/mol. The van der Waals surface area contributed by atoms with Crippen LogP contribution in [0.5, 0.6) is 0 Å². The predicted octanol–water partition coefficient (Wildman–Crippen LogP) is 1.91. The van der Waals surface area contributed by atoms with Gasteiger partial charge in [-0.15, -0.1) is 0 Å². The minimum absolute atomic E-state index is 0.0144. The molecule has 5 nitrogen and oxygen atoms in total. The maximum atomic E-state index is 11.9. The maximum Gasteiger partial charge on any atom is 0.324 e. The average Bonchev–Trinajstić information content (AvgIpc) is 3.21. The van der Waals surface area contributed by atoms with Gasteiger partial charge in [0.05, 0.1) is 0 Å². The monoisotopic (exact) mass is 331 g/mol. The van der Waals surface area contributed by atoms with Crippen LogP contribution in [0.25, 0.3) is 0 Å². The van der Waals surface area contributed by atoms with Crippen molar-refractivity contribution in [3.8, 4) is 0 Å². The van der Waals surface area contributed by atoms with E-state index in [-0.39, 0.29) is 5.92 Å². The molecule has 0 spiro atoms. The number of unbranched alkanes of at least 4 members (excludes halogenated alkanes) is 1. The van der Waals surface area contributed by atoms with E-state index in [2.05, 4.69) is 29.2 Å². The van der Waals surface area contributed by atoms with Gasteiger partial charge in [-0.25, -0.2) is 0 Å². The number of aryl methyl sites for hydroxylation is 1. The summed E-state index contributed by atoms with van der Waals surface area (Å²) in [4.78, 5) is 14.3. The number of likely N-dealkylation sites (tertiary alicyclic amines) is 1. The fraction of sp³-hybridized carbons (Fsp3) is 0.632. The lowest BCUT2D eigenvalue weighted by Gasteiger charge is -2.32. The van der Waals surface area contributed by atoms with Gasteiger partial charge < -0.3 is 16.6 Å². The number of carboxylic acid groups (broad SMARTS) is 1. The summed E-state index contributed by atoms with van der Waals surface area (Å²) < 4.78 is 0. The van der Waals surface area contributed by atoms with Gasteiger partial charge >= 0.3 is 5.97 Å². The molecule has 0 amide bonds. The van der Waals surface area contributed by atoms with Crippen LogP contribution in [0.2, 0.25) is 0 Å². The Bertz CT molecular complexity index is 592. The first kappa shape index (κ1) is 17.4. The van der Waals surface area contributed by atoms with Crippen LogP contribution >= 0.6 is 0 Å². The van der Waals surface area contributed by atoms with Crippen molar-refractivity contribution in [1.82, 2.24) is 4.90 Å². The zero-order chi connectivity index (χ0) is 17.2. The number of carboxylic acids is 1. The number of rotatable bonds is 7. The lowest BCUT2D eigenvalue weighted by atomic mass is 9.80. The number of hydrogen-bond acceptors (Lipinski definition) is 4. The molecule has 24 heavy (non-hydrogen) atoms. The number of hydrogen-bond donors (Lipinski definition) is 3. The largest absolute Gasteiger partial charge is 0.480 e. The van der Waals surface area contributed by atoms with Crippen LogP contribution in [-0.2, 0) is 11.2 Å². The first-order valence-electron chi connectivity index (χ1n) is 9.10. The summed E-state index contributed by atoms with van der Waals surface area (Å²) in [6.07, 6.45) is 5.24. The van der Waals surface area contributed by atoms with Crippen molar-refractivity contribution in [2.75, 3.05) is 19.6 Å². The molecule has 1 aromatic carbocycles. The molecule has 0 bridgehead atoms. The molecule has 1 heterocycles. The van der Waals surface area contributed by atoms with E-state index in [4.69, 9.17) is 11.5 Å². The Kier molecular flexibility index (Phi) is 5.23. The molecule has 3 rings (SSSR count). The van der Waals surface area contributed by atoms with E-state index in [1.807, 2.05) is 0 Å². The summed E-state index contributed by atoms with van der Waals surface area (Å²) in [5, 5.41) is 9.73. The van der Waals surface area contributed by atoms with Gasteiger partial charge in [0.1, 0.15) is 5.54 Å². The molecule has 5 N–H and O–H groups in total. The predicted molar refractivity (Wildman–Crippen MR) is 94.6 cm³/mol. The number of fused-ring (bicyclic) bond motifs is 1. The number of nitrogens with two attached hydrogens (primary N) is 2. The Morgan fingerprint density at radius 3 is 2.83 bits per heavy atom. The fourth-order valence-electron chi connectivity index (χ4n) is 4.45. The van der Waals surface area contributed by atoms with Gasteiger partial charge in [-0.2, -0.15) is 0 Å². The maximum absolute atomic E-state index is 11.9.